The summed E-state index contributed by atoms with van der Waals surface area (Å²) < 4.78 is 25.3. The minimum atomic E-state index is -3.93. The number of hydrogen-bond acceptors (Lipinski definition) is 5. The van der Waals surface area contributed by atoms with E-state index in [9.17, 15) is 14.3 Å². The Bertz CT molecular complexity index is 614. The highest BCUT2D eigenvalue weighted by Gasteiger charge is 2.50. The van der Waals surface area contributed by atoms with Crippen LogP contribution in [-0.2, 0) is 21.1 Å². The molecular formula is C11H15FN2O6PS+. The number of carbonyl (C=O) groups excluding carboxylic acids is 1. The highest BCUT2D eigenvalue weighted by atomic mass is 32.5. The van der Waals surface area contributed by atoms with Crippen LogP contribution in [0.3, 0.4) is 0 Å². The van der Waals surface area contributed by atoms with Gasteiger partial charge in [-0.15, -0.1) is 0 Å². The molecule has 122 valence electrons. The maximum Gasteiger partial charge on any atom is 0.321 e. The number of pyridine rings is 1. The predicted octanol–water partition coefficient (Wildman–Crippen LogP) is -1.10. The van der Waals surface area contributed by atoms with Gasteiger partial charge in [0.1, 0.15) is 17.8 Å². The first kappa shape index (κ1) is 17.4. The average molecular weight is 353 g/mol. The molecule has 1 aliphatic heterocycles. The van der Waals surface area contributed by atoms with E-state index in [1.165, 1.54) is 29.1 Å². The zero-order valence-electron chi connectivity index (χ0n) is 11.2. The molecule has 0 unspecified atom stereocenters. The van der Waals surface area contributed by atoms with E-state index in [2.05, 4.69) is 16.3 Å². The SMILES string of the molecule is NC(=O)c1ccc[n+]([C@@H]2O[C@H](COP(O)(O)=S)[C@@H](O)[C@@H]2F)c1. The number of nitrogens with zero attached hydrogens (tertiary/aromatic N) is 1. The van der Waals surface area contributed by atoms with Crippen molar-refractivity contribution < 1.29 is 37.9 Å². The van der Waals surface area contributed by atoms with Gasteiger partial charge in [-0.1, -0.05) is 0 Å². The fraction of sp³-hybridized carbons (Fsp3) is 0.455. The van der Waals surface area contributed by atoms with E-state index in [0.29, 0.717) is 0 Å². The van der Waals surface area contributed by atoms with Crippen LogP contribution in [0.25, 0.3) is 0 Å². The highest BCUT2D eigenvalue weighted by Crippen LogP contribution is 2.38. The average Bonchev–Trinajstić information content (AvgIpc) is 2.72. The summed E-state index contributed by atoms with van der Waals surface area (Å²) in [5.74, 6) is -0.690. The molecule has 5 N–H and O–H groups in total. The second-order valence-electron chi connectivity index (χ2n) is 4.69. The standard InChI is InChI=1S/C11H14FN2O6PS/c12-8-9(15)7(5-19-21(17,18)22)20-11(8)14-3-1-2-6(4-14)10(13)16/h1-4,7-9,11,15H,5H2,(H3-,13,16,17,18,22)/p+1/t7-,8+,9-,11-/m1/s1. The van der Waals surface area contributed by atoms with Crippen molar-refractivity contribution in [2.24, 2.45) is 5.73 Å². The number of aliphatic hydroxyl groups is 1. The van der Waals surface area contributed by atoms with Gasteiger partial charge in [0.05, 0.1) is 6.61 Å². The third-order valence-electron chi connectivity index (χ3n) is 3.10. The molecule has 0 saturated carbocycles. The van der Waals surface area contributed by atoms with Crippen LogP contribution in [0.2, 0.25) is 0 Å². The molecule has 0 aromatic carbocycles. The summed E-state index contributed by atoms with van der Waals surface area (Å²) in [5.41, 5.74) is 5.29. The number of halogens is 1. The normalized spacial score (nSPS) is 28.7. The van der Waals surface area contributed by atoms with Gasteiger partial charge in [0, 0.05) is 6.07 Å². The van der Waals surface area contributed by atoms with E-state index >= 15 is 0 Å². The molecule has 0 radical (unpaired) electrons. The fourth-order valence-corrected chi connectivity index (χ4v) is 2.57. The number of amides is 1. The summed E-state index contributed by atoms with van der Waals surface area (Å²) >= 11 is 4.27. The first-order chi connectivity index (χ1) is 10.2. The quantitative estimate of drug-likeness (QED) is 0.391. The molecule has 1 aliphatic rings. The maximum atomic E-state index is 14.2. The number of alkyl halides is 1. The summed E-state index contributed by atoms with van der Waals surface area (Å²) in [6.07, 6.45) is -2.96. The number of carbonyl (C=O) groups is 1. The Morgan fingerprint density at radius 1 is 1.59 bits per heavy atom. The Labute approximate surface area is 130 Å². The second kappa shape index (κ2) is 6.63. The summed E-state index contributed by atoms with van der Waals surface area (Å²) in [6, 6.07) is 2.93. The Kier molecular flexibility index (Phi) is 5.23. The lowest BCUT2D eigenvalue weighted by atomic mass is 10.1. The first-order valence-corrected chi connectivity index (χ1v) is 8.80. The molecule has 0 spiro atoms. The van der Waals surface area contributed by atoms with Gasteiger partial charge in [-0.2, -0.15) is 4.57 Å². The summed E-state index contributed by atoms with van der Waals surface area (Å²) in [4.78, 5) is 29.1. The molecule has 1 saturated heterocycles. The van der Waals surface area contributed by atoms with Gasteiger partial charge in [-0.05, 0) is 17.9 Å². The van der Waals surface area contributed by atoms with E-state index in [1.807, 2.05) is 0 Å². The molecule has 1 amide bonds. The van der Waals surface area contributed by atoms with Gasteiger partial charge >= 0.3 is 6.72 Å². The third-order valence-corrected chi connectivity index (χ3v) is 3.90. The molecule has 22 heavy (non-hydrogen) atoms. The fourth-order valence-electron chi connectivity index (χ4n) is 2.05. The van der Waals surface area contributed by atoms with Crippen molar-refractivity contribution in [3.8, 4) is 0 Å². The molecule has 11 heteroatoms. The first-order valence-electron chi connectivity index (χ1n) is 6.17. The van der Waals surface area contributed by atoms with Crippen molar-refractivity contribution >= 4 is 24.4 Å². The molecule has 0 aliphatic carbocycles. The topological polar surface area (TPSA) is 126 Å². The lowest BCUT2D eigenvalue weighted by Crippen LogP contribution is -2.45. The smallest absolute Gasteiger partial charge is 0.321 e. The Morgan fingerprint density at radius 2 is 2.27 bits per heavy atom. The van der Waals surface area contributed by atoms with Gasteiger partial charge in [0.25, 0.3) is 12.1 Å². The second-order valence-corrected chi connectivity index (χ2v) is 7.36. The van der Waals surface area contributed by atoms with Crippen molar-refractivity contribution in [1.82, 2.24) is 0 Å². The monoisotopic (exact) mass is 353 g/mol. The van der Waals surface area contributed by atoms with Crippen LogP contribution >= 0.6 is 6.72 Å². The van der Waals surface area contributed by atoms with Gasteiger partial charge < -0.3 is 29.9 Å². The zero-order chi connectivity index (χ0) is 16.5. The van der Waals surface area contributed by atoms with E-state index in [0.717, 1.165) is 0 Å². The molecule has 1 fully saturated rings. The van der Waals surface area contributed by atoms with E-state index in [4.69, 9.17) is 20.3 Å². The van der Waals surface area contributed by atoms with E-state index < -0.39 is 43.8 Å². The van der Waals surface area contributed by atoms with Gasteiger partial charge in [0.15, 0.2) is 12.4 Å². The van der Waals surface area contributed by atoms with Gasteiger partial charge in [-0.3, -0.25) is 4.79 Å². The van der Waals surface area contributed by atoms with Crippen molar-refractivity contribution in [3.05, 3.63) is 30.1 Å². The highest BCUT2D eigenvalue weighted by molar-refractivity contribution is 8.06. The summed E-state index contributed by atoms with van der Waals surface area (Å²) in [5, 5.41) is 9.79. The number of primary amides is 1. The molecule has 8 nitrogen and oxygen atoms in total. The number of aromatic nitrogens is 1. The molecule has 2 heterocycles. The molecular weight excluding hydrogens is 338 g/mol. The lowest BCUT2D eigenvalue weighted by Gasteiger charge is -2.15. The van der Waals surface area contributed by atoms with Crippen LogP contribution < -0.4 is 10.3 Å². The van der Waals surface area contributed by atoms with Crippen molar-refractivity contribution in [2.75, 3.05) is 6.61 Å². The Balaban J connectivity index is 2.14. The molecule has 1 aromatic rings. The minimum Gasteiger partial charge on any atom is -0.387 e. The zero-order valence-corrected chi connectivity index (χ0v) is 12.9. The number of nitrogens with two attached hydrogens (primary N) is 1. The van der Waals surface area contributed by atoms with Crippen LogP contribution in [0.15, 0.2) is 24.5 Å². The van der Waals surface area contributed by atoms with Gasteiger partial charge in [-0.25, -0.2) is 4.39 Å². The summed E-state index contributed by atoms with van der Waals surface area (Å²) in [6.45, 7) is -4.40. The lowest BCUT2D eigenvalue weighted by molar-refractivity contribution is -0.764. The van der Waals surface area contributed by atoms with Crippen LogP contribution in [0.5, 0.6) is 0 Å². The van der Waals surface area contributed by atoms with Gasteiger partial charge in [0.2, 0.25) is 6.17 Å². The van der Waals surface area contributed by atoms with Crippen LogP contribution in [0, 0.1) is 0 Å². The third kappa shape index (κ3) is 4.05. The number of rotatable bonds is 5. The minimum absolute atomic E-state index is 0.147. The number of hydrogen-bond donors (Lipinski definition) is 4. The number of aliphatic hydroxyl groups excluding tert-OH is 1. The van der Waals surface area contributed by atoms with Crippen molar-refractivity contribution in [3.63, 3.8) is 0 Å². The van der Waals surface area contributed by atoms with Crippen LogP contribution in [0.1, 0.15) is 16.6 Å². The predicted molar refractivity (Wildman–Crippen MR) is 74.6 cm³/mol. The maximum absolute atomic E-state index is 14.2. The van der Waals surface area contributed by atoms with Crippen LogP contribution in [0.4, 0.5) is 4.39 Å². The summed E-state index contributed by atoms with van der Waals surface area (Å²) in [7, 11) is 0. The number of ether oxygens (including phenoxy) is 1. The molecule has 4 atom stereocenters. The molecule has 2 rings (SSSR count). The Hall–Kier alpha value is -1.00. The van der Waals surface area contributed by atoms with E-state index in [1.54, 1.807) is 0 Å². The molecule has 1 aromatic heterocycles. The largest absolute Gasteiger partial charge is 0.387 e. The van der Waals surface area contributed by atoms with Crippen molar-refractivity contribution in [2.45, 2.75) is 24.6 Å². The Morgan fingerprint density at radius 3 is 2.86 bits per heavy atom. The molecule has 0 bridgehead atoms. The van der Waals surface area contributed by atoms with Crippen molar-refractivity contribution in [1.29, 1.82) is 0 Å². The van der Waals surface area contributed by atoms with Crippen LogP contribution in [-0.4, -0.2) is 45.8 Å². The van der Waals surface area contributed by atoms with E-state index in [-0.39, 0.29) is 5.56 Å².